The van der Waals surface area contributed by atoms with Crippen molar-refractivity contribution in [2.75, 3.05) is 44.3 Å². The van der Waals surface area contributed by atoms with Crippen LogP contribution in [0, 0.1) is 5.92 Å². The van der Waals surface area contributed by atoms with Crippen LogP contribution in [0.5, 0.6) is 0 Å². The Morgan fingerprint density at radius 2 is 2.00 bits per heavy atom. The van der Waals surface area contributed by atoms with Crippen molar-refractivity contribution in [2.45, 2.75) is 58.8 Å². The minimum absolute atomic E-state index is 0. The molecule has 1 saturated carbocycles. The van der Waals surface area contributed by atoms with Crippen LogP contribution >= 0.6 is 24.0 Å². The van der Waals surface area contributed by atoms with Crippen molar-refractivity contribution in [1.29, 1.82) is 0 Å². The number of guanidine groups is 1. The molecule has 0 aromatic carbocycles. The average molecular weight is 531 g/mol. The molecule has 2 aliphatic rings. The zero-order valence-electron chi connectivity index (χ0n) is 18.6. The van der Waals surface area contributed by atoms with Gasteiger partial charge in [-0.3, -0.25) is 0 Å². The second kappa shape index (κ2) is 13.3. The number of hydrogen-bond donors (Lipinski definition) is 2. The molecule has 1 aliphatic carbocycles. The molecular formula is C22H38IN5O2. The van der Waals surface area contributed by atoms with Crippen molar-refractivity contribution in [1.82, 2.24) is 15.6 Å². The van der Waals surface area contributed by atoms with Crippen LogP contribution in [-0.4, -0.2) is 62.5 Å². The van der Waals surface area contributed by atoms with E-state index in [9.17, 15) is 0 Å². The Balaban J connectivity index is 0.00000320. The average Bonchev–Trinajstić information content (AvgIpc) is 3.52. The van der Waals surface area contributed by atoms with Crippen molar-refractivity contribution in [2.24, 2.45) is 10.9 Å². The number of ether oxygens (including phenoxy) is 2. The highest BCUT2D eigenvalue weighted by molar-refractivity contribution is 14.0. The van der Waals surface area contributed by atoms with Crippen molar-refractivity contribution in [3.8, 4) is 0 Å². The van der Waals surface area contributed by atoms with Crippen LogP contribution in [0.2, 0.25) is 0 Å². The Morgan fingerprint density at radius 3 is 2.63 bits per heavy atom. The molecule has 0 radical (unpaired) electrons. The van der Waals surface area contributed by atoms with Crippen LogP contribution < -0.4 is 15.5 Å². The first kappa shape index (κ1) is 25.1. The van der Waals surface area contributed by atoms with Crippen molar-refractivity contribution < 1.29 is 9.47 Å². The van der Waals surface area contributed by atoms with Gasteiger partial charge in [0.2, 0.25) is 0 Å². The maximum absolute atomic E-state index is 5.81. The van der Waals surface area contributed by atoms with Crippen LogP contribution in [0.25, 0.3) is 0 Å². The van der Waals surface area contributed by atoms with Crippen LogP contribution in [0.1, 0.15) is 45.6 Å². The van der Waals surface area contributed by atoms with Gasteiger partial charge in [0, 0.05) is 45.6 Å². The van der Waals surface area contributed by atoms with Gasteiger partial charge in [0.25, 0.3) is 0 Å². The molecule has 2 unspecified atom stereocenters. The lowest BCUT2D eigenvalue weighted by atomic mass is 10.2. The number of hydrogen-bond acceptors (Lipinski definition) is 5. The van der Waals surface area contributed by atoms with E-state index in [1.807, 2.05) is 6.20 Å². The van der Waals surface area contributed by atoms with Gasteiger partial charge < -0.3 is 25.0 Å². The number of rotatable bonds is 10. The van der Waals surface area contributed by atoms with Crippen LogP contribution in [-0.2, 0) is 16.0 Å². The third-order valence-electron chi connectivity index (χ3n) is 5.13. The van der Waals surface area contributed by atoms with E-state index in [0.29, 0.717) is 6.54 Å². The smallest absolute Gasteiger partial charge is 0.191 e. The Bertz CT molecular complexity index is 629. The van der Waals surface area contributed by atoms with E-state index in [4.69, 9.17) is 9.47 Å². The lowest BCUT2D eigenvalue weighted by Crippen LogP contribution is -2.45. The van der Waals surface area contributed by atoms with E-state index in [2.05, 4.69) is 58.4 Å². The highest BCUT2D eigenvalue weighted by atomic mass is 127. The standard InChI is InChI=1S/C22H37N5O2.HI/c1-4-23-22(24-10-5-11-28-16-19-6-7-19)26-13-20-8-9-21(25-12-20)27-14-17(2)29-18(3)15-27;/h8-9,12,17-19H,4-7,10-11,13-16H2,1-3H3,(H2,23,24,26);1H. The topological polar surface area (TPSA) is 71.0 Å². The third kappa shape index (κ3) is 8.93. The van der Waals surface area contributed by atoms with Crippen LogP contribution in [0.3, 0.4) is 0 Å². The van der Waals surface area contributed by atoms with Gasteiger partial charge in [-0.15, -0.1) is 24.0 Å². The number of halogens is 1. The maximum atomic E-state index is 5.81. The van der Waals surface area contributed by atoms with Crippen LogP contribution in [0.4, 0.5) is 5.82 Å². The molecule has 2 heterocycles. The second-order valence-electron chi connectivity index (χ2n) is 8.18. The minimum atomic E-state index is 0. The summed E-state index contributed by atoms with van der Waals surface area (Å²) in [5.41, 5.74) is 1.10. The highest BCUT2D eigenvalue weighted by Crippen LogP contribution is 2.28. The first-order chi connectivity index (χ1) is 14.1. The SMILES string of the molecule is CCNC(=NCc1ccc(N2CC(C)OC(C)C2)nc1)NCCCOCC1CC1.I. The van der Waals surface area contributed by atoms with Gasteiger partial charge in [-0.2, -0.15) is 0 Å². The number of anilines is 1. The lowest BCUT2D eigenvalue weighted by Gasteiger charge is -2.36. The quantitative estimate of drug-likeness (QED) is 0.209. The fraction of sp³-hybridized carbons (Fsp3) is 0.727. The molecule has 2 N–H and O–H groups in total. The summed E-state index contributed by atoms with van der Waals surface area (Å²) in [4.78, 5) is 11.6. The molecule has 3 rings (SSSR count). The Hall–Kier alpha value is -1.13. The van der Waals surface area contributed by atoms with E-state index < -0.39 is 0 Å². The van der Waals surface area contributed by atoms with E-state index in [1.54, 1.807) is 0 Å². The molecule has 30 heavy (non-hydrogen) atoms. The third-order valence-corrected chi connectivity index (χ3v) is 5.13. The number of nitrogens with one attached hydrogen (secondary N) is 2. The largest absolute Gasteiger partial charge is 0.381 e. The maximum Gasteiger partial charge on any atom is 0.191 e. The van der Waals surface area contributed by atoms with E-state index in [-0.39, 0.29) is 36.2 Å². The molecule has 2 atom stereocenters. The Labute approximate surface area is 198 Å². The minimum Gasteiger partial charge on any atom is -0.381 e. The zero-order valence-corrected chi connectivity index (χ0v) is 20.9. The molecule has 2 fully saturated rings. The number of pyridine rings is 1. The molecule has 0 bridgehead atoms. The summed E-state index contributed by atoms with van der Waals surface area (Å²) in [6.45, 7) is 12.1. The fourth-order valence-electron chi connectivity index (χ4n) is 3.49. The number of nitrogens with zero attached hydrogens (tertiary/aromatic N) is 3. The summed E-state index contributed by atoms with van der Waals surface area (Å²) < 4.78 is 11.5. The molecule has 0 spiro atoms. The summed E-state index contributed by atoms with van der Waals surface area (Å²) >= 11 is 0. The normalized spacial score (nSPS) is 21.8. The molecule has 1 saturated heterocycles. The van der Waals surface area contributed by atoms with E-state index in [0.717, 1.165) is 69.1 Å². The van der Waals surface area contributed by atoms with Gasteiger partial charge in [-0.05, 0) is 57.6 Å². The molecular weight excluding hydrogens is 493 g/mol. The highest BCUT2D eigenvalue weighted by Gasteiger charge is 2.23. The molecule has 1 aliphatic heterocycles. The summed E-state index contributed by atoms with van der Waals surface area (Å²) in [6.07, 6.45) is 6.07. The number of aliphatic imine (C=N–C) groups is 1. The summed E-state index contributed by atoms with van der Waals surface area (Å²) in [6, 6.07) is 4.21. The Kier molecular flexibility index (Phi) is 11.2. The molecule has 7 nitrogen and oxygen atoms in total. The van der Waals surface area contributed by atoms with Gasteiger partial charge >= 0.3 is 0 Å². The van der Waals surface area contributed by atoms with Gasteiger partial charge in [0.15, 0.2) is 5.96 Å². The van der Waals surface area contributed by atoms with Crippen molar-refractivity contribution in [3.05, 3.63) is 23.9 Å². The summed E-state index contributed by atoms with van der Waals surface area (Å²) in [7, 11) is 0. The predicted octanol–water partition coefficient (Wildman–Crippen LogP) is 3.19. The summed E-state index contributed by atoms with van der Waals surface area (Å²) in [5.74, 6) is 2.68. The molecule has 0 amide bonds. The van der Waals surface area contributed by atoms with Crippen molar-refractivity contribution in [3.63, 3.8) is 0 Å². The van der Waals surface area contributed by atoms with E-state index >= 15 is 0 Å². The van der Waals surface area contributed by atoms with Gasteiger partial charge in [0.05, 0.1) is 18.8 Å². The predicted molar refractivity (Wildman–Crippen MR) is 133 cm³/mol. The molecule has 8 heteroatoms. The van der Waals surface area contributed by atoms with Gasteiger partial charge in [0.1, 0.15) is 5.82 Å². The first-order valence-corrected chi connectivity index (χ1v) is 11.1. The van der Waals surface area contributed by atoms with Gasteiger partial charge in [-0.1, -0.05) is 6.07 Å². The number of morpholine rings is 1. The Morgan fingerprint density at radius 1 is 1.23 bits per heavy atom. The molecule has 170 valence electrons. The monoisotopic (exact) mass is 531 g/mol. The second-order valence-corrected chi connectivity index (χ2v) is 8.18. The van der Waals surface area contributed by atoms with Gasteiger partial charge in [-0.25, -0.2) is 9.98 Å². The lowest BCUT2D eigenvalue weighted by molar-refractivity contribution is -0.00545. The first-order valence-electron chi connectivity index (χ1n) is 11.1. The summed E-state index contributed by atoms with van der Waals surface area (Å²) in [5, 5.41) is 6.68. The molecule has 1 aromatic heterocycles. The van der Waals surface area contributed by atoms with Crippen LogP contribution in [0.15, 0.2) is 23.3 Å². The fourth-order valence-corrected chi connectivity index (χ4v) is 3.49. The zero-order chi connectivity index (χ0) is 20.5. The number of aromatic nitrogens is 1. The molecule has 1 aromatic rings. The van der Waals surface area contributed by atoms with E-state index in [1.165, 1.54) is 12.8 Å². The van der Waals surface area contributed by atoms with Crippen molar-refractivity contribution >= 4 is 35.8 Å².